The molecule has 0 aromatic carbocycles. The van der Waals surface area contributed by atoms with Gasteiger partial charge >= 0.3 is 5.97 Å². The Hall–Kier alpha value is -1.29. The van der Waals surface area contributed by atoms with Crippen molar-refractivity contribution in [2.75, 3.05) is 7.11 Å². The van der Waals surface area contributed by atoms with Crippen molar-refractivity contribution in [2.45, 2.75) is 33.8 Å². The number of rotatable bonds is 5. The van der Waals surface area contributed by atoms with Crippen LogP contribution in [0.25, 0.3) is 0 Å². The summed E-state index contributed by atoms with van der Waals surface area (Å²) in [7, 11) is 1.41. The van der Waals surface area contributed by atoms with Gasteiger partial charge in [0.15, 0.2) is 6.10 Å². The maximum absolute atomic E-state index is 12.1. The molecule has 0 N–H and O–H groups in total. The van der Waals surface area contributed by atoms with Crippen molar-refractivity contribution in [3.8, 4) is 5.75 Å². The number of hydrogen-bond donors (Lipinski definition) is 0. The highest BCUT2D eigenvalue weighted by Gasteiger charge is 2.62. The molecule has 0 aliphatic heterocycles. The molecule has 1 fully saturated rings. The first-order valence-corrected chi connectivity index (χ1v) is 7.74. The van der Waals surface area contributed by atoms with Gasteiger partial charge in [-0.3, -0.25) is 0 Å². The van der Waals surface area contributed by atoms with E-state index < -0.39 is 6.10 Å². The van der Waals surface area contributed by atoms with Crippen LogP contribution in [0.2, 0.25) is 0 Å². The standard InChI is InChI=1S/C16H22O3S/c1-10(2)8-12-13(16(12,3)4)14(15(17)18-5)19-11-6-7-20-9-11/h6-9,12-14H,1-5H3/t12-,13-,14?/m0/s1. The van der Waals surface area contributed by atoms with Gasteiger partial charge < -0.3 is 9.47 Å². The van der Waals surface area contributed by atoms with Gasteiger partial charge in [-0.2, -0.15) is 0 Å². The predicted octanol–water partition coefficient (Wildman–Crippen LogP) is 3.91. The number of allylic oxidation sites excluding steroid dienone is 2. The van der Waals surface area contributed by atoms with Crippen LogP contribution < -0.4 is 4.74 Å². The van der Waals surface area contributed by atoms with Gasteiger partial charge in [0.1, 0.15) is 5.75 Å². The van der Waals surface area contributed by atoms with Crippen LogP contribution in [-0.2, 0) is 9.53 Å². The minimum atomic E-state index is -0.537. The Morgan fingerprint density at radius 3 is 2.65 bits per heavy atom. The second kappa shape index (κ2) is 5.60. The molecule has 2 rings (SSSR count). The normalized spacial score (nSPS) is 24.6. The zero-order chi connectivity index (χ0) is 14.9. The van der Waals surface area contributed by atoms with Crippen LogP contribution in [0.5, 0.6) is 5.75 Å². The first kappa shape index (κ1) is 15.1. The Morgan fingerprint density at radius 2 is 2.15 bits per heavy atom. The molecule has 0 bridgehead atoms. The number of carbonyl (C=O) groups excluding carboxylic acids is 1. The highest BCUT2D eigenvalue weighted by molar-refractivity contribution is 7.08. The molecule has 1 saturated carbocycles. The summed E-state index contributed by atoms with van der Waals surface area (Å²) >= 11 is 1.56. The largest absolute Gasteiger partial charge is 0.478 e. The Balaban J connectivity index is 2.20. The average molecular weight is 294 g/mol. The van der Waals surface area contributed by atoms with Crippen molar-refractivity contribution in [3.63, 3.8) is 0 Å². The molecule has 3 nitrogen and oxygen atoms in total. The van der Waals surface area contributed by atoms with Gasteiger partial charge in [-0.25, -0.2) is 4.79 Å². The third-order valence-corrected chi connectivity index (χ3v) is 4.69. The van der Waals surface area contributed by atoms with E-state index in [-0.39, 0.29) is 17.3 Å². The maximum atomic E-state index is 12.1. The Morgan fingerprint density at radius 1 is 1.45 bits per heavy atom. The van der Waals surface area contributed by atoms with Crippen molar-refractivity contribution in [1.29, 1.82) is 0 Å². The molecular weight excluding hydrogens is 272 g/mol. The molecule has 110 valence electrons. The topological polar surface area (TPSA) is 35.5 Å². The van der Waals surface area contributed by atoms with Gasteiger partial charge in [0.2, 0.25) is 0 Å². The highest BCUT2D eigenvalue weighted by Crippen LogP contribution is 2.61. The second-order valence-electron chi connectivity index (χ2n) is 6.14. The minimum absolute atomic E-state index is 0.0617. The van der Waals surface area contributed by atoms with E-state index in [1.54, 1.807) is 11.3 Å². The number of carbonyl (C=O) groups is 1. The highest BCUT2D eigenvalue weighted by atomic mass is 32.1. The molecule has 1 aromatic heterocycles. The number of ether oxygens (including phenoxy) is 2. The van der Waals surface area contributed by atoms with E-state index in [1.165, 1.54) is 12.7 Å². The van der Waals surface area contributed by atoms with E-state index in [9.17, 15) is 4.79 Å². The lowest BCUT2D eigenvalue weighted by Gasteiger charge is -2.17. The molecule has 0 radical (unpaired) electrons. The van der Waals surface area contributed by atoms with Crippen molar-refractivity contribution >= 4 is 17.3 Å². The van der Waals surface area contributed by atoms with E-state index in [4.69, 9.17) is 9.47 Å². The zero-order valence-electron chi connectivity index (χ0n) is 12.7. The van der Waals surface area contributed by atoms with E-state index >= 15 is 0 Å². The monoisotopic (exact) mass is 294 g/mol. The molecule has 0 spiro atoms. The molecule has 1 aromatic rings. The van der Waals surface area contributed by atoms with Crippen LogP contribution in [0, 0.1) is 17.3 Å². The first-order chi connectivity index (χ1) is 9.37. The van der Waals surface area contributed by atoms with Crippen LogP contribution in [0.15, 0.2) is 28.5 Å². The number of thiophene rings is 1. The summed E-state index contributed by atoms with van der Waals surface area (Å²) in [5.74, 6) is 0.961. The average Bonchev–Trinajstić information content (AvgIpc) is 2.79. The molecule has 0 amide bonds. The quantitative estimate of drug-likeness (QED) is 0.610. The molecule has 0 saturated heterocycles. The lowest BCUT2D eigenvalue weighted by molar-refractivity contribution is -0.150. The SMILES string of the molecule is COC(=O)C(Oc1ccsc1)[C@@H]1[C@H](C=C(C)C)C1(C)C. The lowest BCUT2D eigenvalue weighted by atomic mass is 10.1. The smallest absolute Gasteiger partial charge is 0.347 e. The van der Waals surface area contributed by atoms with Crippen molar-refractivity contribution in [2.24, 2.45) is 17.3 Å². The van der Waals surface area contributed by atoms with E-state index in [1.807, 2.05) is 16.8 Å². The van der Waals surface area contributed by atoms with Gasteiger partial charge in [-0.15, -0.1) is 11.3 Å². The van der Waals surface area contributed by atoms with Gasteiger partial charge in [-0.1, -0.05) is 25.5 Å². The fraction of sp³-hybridized carbons (Fsp3) is 0.562. The molecule has 1 aliphatic carbocycles. The molecule has 1 unspecified atom stereocenters. The van der Waals surface area contributed by atoms with Gasteiger partial charge in [0.25, 0.3) is 0 Å². The van der Waals surface area contributed by atoms with Crippen LogP contribution in [0.3, 0.4) is 0 Å². The summed E-state index contributed by atoms with van der Waals surface area (Å²) in [4.78, 5) is 12.1. The van der Waals surface area contributed by atoms with Gasteiger partial charge in [0, 0.05) is 11.3 Å². The van der Waals surface area contributed by atoms with Crippen LogP contribution in [-0.4, -0.2) is 19.2 Å². The van der Waals surface area contributed by atoms with Crippen LogP contribution in [0.1, 0.15) is 27.7 Å². The third kappa shape index (κ3) is 2.90. The molecular formula is C16H22O3S. The summed E-state index contributed by atoms with van der Waals surface area (Å²) in [5.41, 5.74) is 1.33. The Kier molecular flexibility index (Phi) is 4.23. The van der Waals surface area contributed by atoms with E-state index in [2.05, 4.69) is 33.8 Å². The summed E-state index contributed by atoms with van der Waals surface area (Å²) in [6.07, 6.45) is 1.70. The fourth-order valence-electron chi connectivity index (χ4n) is 2.82. The van der Waals surface area contributed by atoms with Crippen molar-refractivity contribution < 1.29 is 14.3 Å². The number of hydrogen-bond acceptors (Lipinski definition) is 4. The molecule has 1 aliphatic rings. The third-order valence-electron chi connectivity index (χ3n) is 4.03. The lowest BCUT2D eigenvalue weighted by Crippen LogP contribution is -2.32. The predicted molar refractivity (Wildman–Crippen MR) is 80.9 cm³/mol. The van der Waals surface area contributed by atoms with Gasteiger partial charge in [0.05, 0.1) is 7.11 Å². The fourth-order valence-corrected chi connectivity index (χ4v) is 3.38. The maximum Gasteiger partial charge on any atom is 0.347 e. The number of methoxy groups -OCH3 is 1. The Bertz CT molecular complexity index is 498. The summed E-state index contributed by atoms with van der Waals surface area (Å²) in [5, 5.41) is 3.84. The summed E-state index contributed by atoms with van der Waals surface area (Å²) in [6, 6.07) is 1.88. The van der Waals surface area contributed by atoms with Crippen LogP contribution >= 0.6 is 11.3 Å². The molecule has 4 heteroatoms. The van der Waals surface area contributed by atoms with Crippen LogP contribution in [0.4, 0.5) is 0 Å². The zero-order valence-corrected chi connectivity index (χ0v) is 13.5. The molecule has 3 atom stereocenters. The van der Waals surface area contributed by atoms with E-state index in [0.717, 1.165) is 5.75 Å². The summed E-state index contributed by atoms with van der Waals surface area (Å²) in [6.45, 7) is 8.51. The Labute approximate surface area is 124 Å². The first-order valence-electron chi connectivity index (χ1n) is 6.79. The van der Waals surface area contributed by atoms with E-state index in [0.29, 0.717) is 5.92 Å². The van der Waals surface area contributed by atoms with Gasteiger partial charge in [-0.05, 0) is 36.6 Å². The molecule has 1 heterocycles. The van der Waals surface area contributed by atoms with Crippen molar-refractivity contribution in [3.05, 3.63) is 28.5 Å². The number of esters is 1. The molecule has 20 heavy (non-hydrogen) atoms. The minimum Gasteiger partial charge on any atom is -0.478 e. The van der Waals surface area contributed by atoms with Crippen molar-refractivity contribution in [1.82, 2.24) is 0 Å². The summed E-state index contributed by atoms with van der Waals surface area (Å²) < 4.78 is 10.8. The second-order valence-corrected chi connectivity index (χ2v) is 6.92.